The van der Waals surface area contributed by atoms with Crippen molar-refractivity contribution < 1.29 is 4.79 Å². The Morgan fingerprint density at radius 3 is 2.50 bits per heavy atom. The molecule has 0 unspecified atom stereocenters. The third-order valence-electron chi connectivity index (χ3n) is 1.94. The van der Waals surface area contributed by atoms with E-state index >= 15 is 0 Å². The first-order valence-electron chi connectivity index (χ1n) is 5.32. The number of hydrogen-bond donors (Lipinski definition) is 1. The molecule has 1 fully saturated rings. The van der Waals surface area contributed by atoms with E-state index in [0.717, 1.165) is 31.5 Å². The Balaban J connectivity index is 0.000000791. The third kappa shape index (κ3) is 5.02. The predicted molar refractivity (Wildman–Crippen MR) is 60.2 cm³/mol. The Bertz CT molecular complexity index is 197. The van der Waals surface area contributed by atoms with Gasteiger partial charge in [-0.3, -0.25) is 4.79 Å². The van der Waals surface area contributed by atoms with Crippen LogP contribution in [0, 0.1) is 0 Å². The first kappa shape index (κ1) is 13.2. The second kappa shape index (κ2) is 7.56. The Labute approximate surface area is 87.2 Å². The van der Waals surface area contributed by atoms with Crippen LogP contribution in [0.5, 0.6) is 0 Å². The van der Waals surface area contributed by atoms with Crippen LogP contribution in [0.1, 0.15) is 26.7 Å². The number of carbonyl (C=O) groups is 1. The summed E-state index contributed by atoms with van der Waals surface area (Å²) in [5, 5.41) is 2.79. The molecular formula is C11H22N2O. The van der Waals surface area contributed by atoms with E-state index in [-0.39, 0.29) is 5.91 Å². The molecule has 1 aliphatic rings. The second-order valence-electron chi connectivity index (χ2n) is 3.33. The highest BCUT2D eigenvalue weighted by atomic mass is 16.1. The Morgan fingerprint density at radius 2 is 2.07 bits per heavy atom. The molecule has 1 heterocycles. The summed E-state index contributed by atoms with van der Waals surface area (Å²) in [6.45, 7) is 5.82. The number of nitrogens with zero attached hydrogens (tertiary/aromatic N) is 1. The standard InChI is InChI=1S/C9H16N2O.C2H6/c1-11(2)7-3-4-8-5-6-10-9(8)12;1-2/h4H,3,5-7H2,1-2H3,(H,10,12);1-2H3/b8-4+;. The number of amides is 1. The molecular weight excluding hydrogens is 176 g/mol. The van der Waals surface area contributed by atoms with E-state index in [0.29, 0.717) is 0 Å². The van der Waals surface area contributed by atoms with Crippen LogP contribution >= 0.6 is 0 Å². The van der Waals surface area contributed by atoms with Crippen molar-refractivity contribution in [3.8, 4) is 0 Å². The molecule has 1 N–H and O–H groups in total. The number of carbonyl (C=O) groups excluding carboxylic acids is 1. The number of rotatable bonds is 3. The third-order valence-corrected chi connectivity index (χ3v) is 1.94. The Morgan fingerprint density at radius 1 is 1.43 bits per heavy atom. The average Bonchev–Trinajstić information content (AvgIpc) is 2.55. The zero-order valence-corrected chi connectivity index (χ0v) is 9.76. The van der Waals surface area contributed by atoms with Gasteiger partial charge in [-0.2, -0.15) is 0 Å². The van der Waals surface area contributed by atoms with Crippen molar-refractivity contribution in [3.63, 3.8) is 0 Å². The molecule has 1 saturated heterocycles. The largest absolute Gasteiger partial charge is 0.352 e. The smallest absolute Gasteiger partial charge is 0.246 e. The van der Waals surface area contributed by atoms with Crippen LogP contribution in [-0.4, -0.2) is 38.0 Å². The molecule has 3 heteroatoms. The monoisotopic (exact) mass is 198 g/mol. The van der Waals surface area contributed by atoms with Crippen molar-refractivity contribution in [1.29, 1.82) is 0 Å². The molecule has 0 aromatic carbocycles. The van der Waals surface area contributed by atoms with Gasteiger partial charge in [-0.1, -0.05) is 19.9 Å². The van der Waals surface area contributed by atoms with Crippen molar-refractivity contribution in [2.24, 2.45) is 0 Å². The second-order valence-corrected chi connectivity index (χ2v) is 3.33. The highest BCUT2D eigenvalue weighted by Crippen LogP contribution is 2.08. The lowest BCUT2D eigenvalue weighted by molar-refractivity contribution is -0.116. The molecule has 0 saturated carbocycles. The lowest BCUT2D eigenvalue weighted by atomic mass is 10.2. The van der Waals surface area contributed by atoms with Crippen LogP contribution in [-0.2, 0) is 4.79 Å². The van der Waals surface area contributed by atoms with Crippen molar-refractivity contribution in [1.82, 2.24) is 10.2 Å². The molecule has 0 radical (unpaired) electrons. The topological polar surface area (TPSA) is 32.3 Å². The van der Waals surface area contributed by atoms with Crippen LogP contribution in [0.2, 0.25) is 0 Å². The van der Waals surface area contributed by atoms with E-state index in [1.165, 1.54) is 0 Å². The van der Waals surface area contributed by atoms with E-state index < -0.39 is 0 Å². The predicted octanol–water partition coefficient (Wildman–Crippen LogP) is 1.41. The van der Waals surface area contributed by atoms with Crippen molar-refractivity contribution in [2.75, 3.05) is 27.2 Å². The van der Waals surface area contributed by atoms with Gasteiger partial charge in [0.2, 0.25) is 5.91 Å². The summed E-state index contributed by atoms with van der Waals surface area (Å²) in [6.07, 6.45) is 3.91. The zero-order valence-electron chi connectivity index (χ0n) is 9.76. The van der Waals surface area contributed by atoms with E-state index in [1.54, 1.807) is 0 Å². The fourth-order valence-corrected chi connectivity index (χ4v) is 1.23. The summed E-state index contributed by atoms with van der Waals surface area (Å²) >= 11 is 0. The van der Waals surface area contributed by atoms with Gasteiger partial charge in [-0.05, 0) is 26.9 Å². The maximum atomic E-state index is 11.1. The fourth-order valence-electron chi connectivity index (χ4n) is 1.23. The van der Waals surface area contributed by atoms with Crippen LogP contribution in [0.15, 0.2) is 11.6 Å². The first-order valence-corrected chi connectivity index (χ1v) is 5.32. The fraction of sp³-hybridized carbons (Fsp3) is 0.727. The van der Waals surface area contributed by atoms with E-state index in [4.69, 9.17) is 0 Å². The van der Waals surface area contributed by atoms with Gasteiger partial charge >= 0.3 is 0 Å². The molecule has 0 atom stereocenters. The summed E-state index contributed by atoms with van der Waals surface area (Å²) in [4.78, 5) is 13.2. The summed E-state index contributed by atoms with van der Waals surface area (Å²) in [6, 6.07) is 0. The zero-order chi connectivity index (χ0) is 11.0. The van der Waals surface area contributed by atoms with Gasteiger partial charge in [0.05, 0.1) is 0 Å². The van der Waals surface area contributed by atoms with Gasteiger partial charge in [0.15, 0.2) is 0 Å². The van der Waals surface area contributed by atoms with Crippen LogP contribution in [0.4, 0.5) is 0 Å². The van der Waals surface area contributed by atoms with E-state index in [9.17, 15) is 4.79 Å². The summed E-state index contributed by atoms with van der Waals surface area (Å²) in [7, 11) is 4.07. The van der Waals surface area contributed by atoms with Gasteiger partial charge < -0.3 is 10.2 Å². The van der Waals surface area contributed by atoms with E-state index in [2.05, 4.69) is 10.2 Å². The molecule has 1 amide bonds. The summed E-state index contributed by atoms with van der Waals surface area (Å²) in [5.41, 5.74) is 0.955. The lowest BCUT2D eigenvalue weighted by Gasteiger charge is -2.05. The Kier molecular flexibility index (Phi) is 7.11. The van der Waals surface area contributed by atoms with Gasteiger partial charge in [0, 0.05) is 18.7 Å². The number of hydrogen-bond acceptors (Lipinski definition) is 2. The highest BCUT2D eigenvalue weighted by molar-refractivity contribution is 5.95. The van der Waals surface area contributed by atoms with Crippen LogP contribution in [0.3, 0.4) is 0 Å². The molecule has 1 aliphatic heterocycles. The molecule has 3 nitrogen and oxygen atoms in total. The molecule has 0 bridgehead atoms. The lowest BCUT2D eigenvalue weighted by Crippen LogP contribution is -2.15. The van der Waals surface area contributed by atoms with Crippen molar-refractivity contribution >= 4 is 5.91 Å². The maximum absolute atomic E-state index is 11.1. The SMILES string of the molecule is CC.CN(C)CC/C=C1\CCNC1=O. The molecule has 1 rings (SSSR count). The van der Waals surface area contributed by atoms with Crippen LogP contribution < -0.4 is 5.32 Å². The summed E-state index contributed by atoms with van der Waals surface area (Å²) < 4.78 is 0. The normalized spacial score (nSPS) is 18.1. The highest BCUT2D eigenvalue weighted by Gasteiger charge is 2.14. The molecule has 14 heavy (non-hydrogen) atoms. The first-order chi connectivity index (χ1) is 6.70. The number of nitrogens with one attached hydrogen (secondary N) is 1. The molecule has 0 aromatic rings. The summed E-state index contributed by atoms with van der Waals surface area (Å²) in [5.74, 6) is 0.119. The van der Waals surface area contributed by atoms with Gasteiger partial charge in [0.1, 0.15) is 0 Å². The molecule has 0 spiro atoms. The average molecular weight is 198 g/mol. The molecule has 0 aromatic heterocycles. The quantitative estimate of drug-likeness (QED) is 0.695. The Hall–Kier alpha value is -0.830. The minimum Gasteiger partial charge on any atom is -0.352 e. The molecule has 82 valence electrons. The van der Waals surface area contributed by atoms with Gasteiger partial charge in [-0.15, -0.1) is 0 Å². The van der Waals surface area contributed by atoms with Gasteiger partial charge in [0.25, 0.3) is 0 Å². The van der Waals surface area contributed by atoms with Crippen molar-refractivity contribution in [3.05, 3.63) is 11.6 Å². The minimum atomic E-state index is 0.119. The van der Waals surface area contributed by atoms with Crippen LogP contribution in [0.25, 0.3) is 0 Å². The van der Waals surface area contributed by atoms with E-state index in [1.807, 2.05) is 34.0 Å². The maximum Gasteiger partial charge on any atom is 0.246 e. The van der Waals surface area contributed by atoms with Gasteiger partial charge in [-0.25, -0.2) is 0 Å². The minimum absolute atomic E-state index is 0.119. The van der Waals surface area contributed by atoms with Crippen molar-refractivity contribution in [2.45, 2.75) is 26.7 Å². The molecule has 0 aliphatic carbocycles.